The minimum atomic E-state index is -0.615. The Kier molecular flexibility index (Phi) is 4.31. The van der Waals surface area contributed by atoms with Gasteiger partial charge in [-0.2, -0.15) is 0 Å². The van der Waals surface area contributed by atoms with Crippen LogP contribution in [-0.2, 0) is 4.79 Å². The number of piperidine rings is 1. The molecule has 3 atom stereocenters. The summed E-state index contributed by atoms with van der Waals surface area (Å²) in [6.45, 7) is 6.06. The van der Waals surface area contributed by atoms with Crippen LogP contribution in [0.2, 0.25) is 0 Å². The van der Waals surface area contributed by atoms with Gasteiger partial charge in [0.1, 0.15) is 0 Å². The van der Waals surface area contributed by atoms with Crippen LogP contribution in [0.1, 0.15) is 58.8 Å². The maximum atomic E-state index is 11.4. The quantitative estimate of drug-likeness (QED) is 0.840. The van der Waals surface area contributed by atoms with E-state index in [0.29, 0.717) is 6.04 Å². The lowest BCUT2D eigenvalue weighted by Gasteiger charge is -2.46. The molecule has 0 aromatic rings. The van der Waals surface area contributed by atoms with Crippen molar-refractivity contribution in [3.63, 3.8) is 0 Å². The number of rotatable bonds is 3. The second-order valence-corrected chi connectivity index (χ2v) is 6.46. The SMILES string of the molecule is CCC1CCCCC1N1CCCC(C)(C(=O)O)C1. The van der Waals surface area contributed by atoms with Gasteiger partial charge in [0.25, 0.3) is 0 Å². The summed E-state index contributed by atoms with van der Waals surface area (Å²) in [6.07, 6.45) is 8.40. The summed E-state index contributed by atoms with van der Waals surface area (Å²) in [6, 6.07) is 0.641. The molecule has 1 aliphatic carbocycles. The molecule has 2 rings (SSSR count). The van der Waals surface area contributed by atoms with Crippen LogP contribution in [0.25, 0.3) is 0 Å². The van der Waals surface area contributed by atoms with Crippen LogP contribution in [-0.4, -0.2) is 35.1 Å². The van der Waals surface area contributed by atoms with Gasteiger partial charge >= 0.3 is 5.97 Å². The number of carboxylic acid groups (broad SMARTS) is 1. The molecule has 1 heterocycles. The molecule has 1 saturated carbocycles. The van der Waals surface area contributed by atoms with Crippen LogP contribution in [0.5, 0.6) is 0 Å². The van der Waals surface area contributed by atoms with Gasteiger partial charge in [-0.15, -0.1) is 0 Å². The number of nitrogens with zero attached hydrogens (tertiary/aromatic N) is 1. The Morgan fingerprint density at radius 2 is 2.06 bits per heavy atom. The van der Waals surface area contributed by atoms with E-state index in [-0.39, 0.29) is 0 Å². The van der Waals surface area contributed by atoms with Gasteiger partial charge in [0.2, 0.25) is 0 Å². The third-order valence-electron chi connectivity index (χ3n) is 5.10. The molecule has 3 heteroatoms. The molecular weight excluding hydrogens is 226 g/mol. The van der Waals surface area contributed by atoms with Gasteiger partial charge in [-0.1, -0.05) is 26.2 Å². The van der Waals surface area contributed by atoms with Crippen LogP contribution >= 0.6 is 0 Å². The highest BCUT2D eigenvalue weighted by Crippen LogP contribution is 2.36. The van der Waals surface area contributed by atoms with Crippen LogP contribution < -0.4 is 0 Å². The molecule has 2 fully saturated rings. The molecule has 0 bridgehead atoms. The normalized spacial score (nSPS) is 38.6. The Morgan fingerprint density at radius 1 is 1.33 bits per heavy atom. The molecule has 3 unspecified atom stereocenters. The predicted octanol–water partition coefficient (Wildman–Crippen LogP) is 3.14. The first-order chi connectivity index (χ1) is 8.57. The van der Waals surface area contributed by atoms with E-state index in [9.17, 15) is 9.90 Å². The van der Waals surface area contributed by atoms with Crippen molar-refractivity contribution in [2.45, 2.75) is 64.8 Å². The maximum absolute atomic E-state index is 11.4. The predicted molar refractivity (Wildman–Crippen MR) is 72.6 cm³/mol. The van der Waals surface area contributed by atoms with E-state index in [1.54, 1.807) is 0 Å². The summed E-state index contributed by atoms with van der Waals surface area (Å²) in [5.41, 5.74) is -0.520. The zero-order valence-electron chi connectivity index (χ0n) is 11.8. The van der Waals surface area contributed by atoms with Gasteiger partial charge < -0.3 is 5.11 Å². The lowest BCUT2D eigenvalue weighted by molar-refractivity contribution is -0.152. The summed E-state index contributed by atoms with van der Waals surface area (Å²) in [5, 5.41) is 9.41. The summed E-state index contributed by atoms with van der Waals surface area (Å²) in [4.78, 5) is 13.9. The van der Waals surface area contributed by atoms with E-state index < -0.39 is 11.4 Å². The highest BCUT2D eigenvalue weighted by atomic mass is 16.4. The lowest BCUT2D eigenvalue weighted by Crippen LogP contribution is -2.52. The van der Waals surface area contributed by atoms with Crippen molar-refractivity contribution in [2.24, 2.45) is 11.3 Å². The highest BCUT2D eigenvalue weighted by molar-refractivity contribution is 5.74. The molecule has 104 valence electrons. The highest BCUT2D eigenvalue weighted by Gasteiger charge is 2.41. The molecule has 1 aliphatic heterocycles. The number of hydrogen-bond acceptors (Lipinski definition) is 2. The zero-order valence-corrected chi connectivity index (χ0v) is 11.8. The molecule has 0 aromatic heterocycles. The Morgan fingerprint density at radius 3 is 2.72 bits per heavy atom. The summed E-state index contributed by atoms with van der Waals surface area (Å²) in [7, 11) is 0. The van der Waals surface area contributed by atoms with Gasteiger partial charge in [0, 0.05) is 12.6 Å². The van der Waals surface area contributed by atoms with Crippen molar-refractivity contribution in [1.82, 2.24) is 4.90 Å². The average molecular weight is 253 g/mol. The largest absolute Gasteiger partial charge is 0.481 e. The van der Waals surface area contributed by atoms with E-state index in [0.717, 1.165) is 31.8 Å². The van der Waals surface area contributed by atoms with Crippen LogP contribution in [0, 0.1) is 11.3 Å². The number of aliphatic carboxylic acids is 1. The van der Waals surface area contributed by atoms with Crippen LogP contribution in [0.15, 0.2) is 0 Å². The maximum Gasteiger partial charge on any atom is 0.310 e. The Bertz CT molecular complexity index is 305. The van der Waals surface area contributed by atoms with E-state index in [2.05, 4.69) is 11.8 Å². The minimum absolute atomic E-state index is 0.520. The average Bonchev–Trinajstić information content (AvgIpc) is 2.38. The molecule has 0 spiro atoms. The fourth-order valence-corrected chi connectivity index (χ4v) is 3.88. The van der Waals surface area contributed by atoms with Crippen LogP contribution in [0.4, 0.5) is 0 Å². The fourth-order valence-electron chi connectivity index (χ4n) is 3.88. The van der Waals surface area contributed by atoms with E-state index in [4.69, 9.17) is 0 Å². The van der Waals surface area contributed by atoms with Crippen molar-refractivity contribution >= 4 is 5.97 Å². The van der Waals surface area contributed by atoms with Crippen molar-refractivity contribution in [1.29, 1.82) is 0 Å². The van der Waals surface area contributed by atoms with E-state index in [1.165, 1.54) is 32.1 Å². The standard InChI is InChI=1S/C15H27NO2/c1-3-12-7-4-5-8-13(12)16-10-6-9-15(2,11-16)14(17)18/h12-13H,3-11H2,1-2H3,(H,17,18). The molecule has 18 heavy (non-hydrogen) atoms. The number of hydrogen-bond donors (Lipinski definition) is 1. The van der Waals surface area contributed by atoms with Gasteiger partial charge in [-0.05, 0) is 45.1 Å². The summed E-state index contributed by atoms with van der Waals surface area (Å²) in [5.74, 6) is 0.172. The zero-order chi connectivity index (χ0) is 13.2. The summed E-state index contributed by atoms with van der Waals surface area (Å²) < 4.78 is 0. The topological polar surface area (TPSA) is 40.5 Å². The molecule has 1 saturated heterocycles. The molecule has 2 aliphatic rings. The van der Waals surface area contributed by atoms with Gasteiger partial charge in [0.15, 0.2) is 0 Å². The van der Waals surface area contributed by atoms with Crippen LogP contribution in [0.3, 0.4) is 0 Å². The fraction of sp³-hybridized carbons (Fsp3) is 0.933. The second kappa shape index (κ2) is 5.60. The first-order valence-corrected chi connectivity index (χ1v) is 7.54. The summed E-state index contributed by atoms with van der Waals surface area (Å²) >= 11 is 0. The van der Waals surface area contributed by atoms with E-state index >= 15 is 0 Å². The van der Waals surface area contributed by atoms with Crippen molar-refractivity contribution in [3.8, 4) is 0 Å². The first-order valence-electron chi connectivity index (χ1n) is 7.54. The molecule has 0 radical (unpaired) electrons. The Hall–Kier alpha value is -0.570. The third-order valence-corrected chi connectivity index (χ3v) is 5.10. The molecule has 0 amide bonds. The monoisotopic (exact) mass is 253 g/mol. The van der Waals surface area contributed by atoms with Crippen molar-refractivity contribution < 1.29 is 9.90 Å². The molecule has 3 nitrogen and oxygen atoms in total. The first kappa shape index (κ1) is 13.9. The number of likely N-dealkylation sites (tertiary alicyclic amines) is 1. The second-order valence-electron chi connectivity index (χ2n) is 6.46. The van der Waals surface area contributed by atoms with Gasteiger partial charge in [-0.25, -0.2) is 0 Å². The molecular formula is C15H27NO2. The van der Waals surface area contributed by atoms with Gasteiger partial charge in [-0.3, -0.25) is 9.69 Å². The third kappa shape index (κ3) is 2.71. The van der Waals surface area contributed by atoms with Crippen molar-refractivity contribution in [3.05, 3.63) is 0 Å². The lowest BCUT2D eigenvalue weighted by atomic mass is 9.77. The molecule has 0 aromatic carbocycles. The number of carbonyl (C=O) groups is 1. The Balaban J connectivity index is 2.05. The number of carboxylic acids is 1. The van der Waals surface area contributed by atoms with E-state index in [1.807, 2.05) is 6.92 Å². The van der Waals surface area contributed by atoms with Gasteiger partial charge in [0.05, 0.1) is 5.41 Å². The smallest absolute Gasteiger partial charge is 0.310 e. The Labute approximate surface area is 111 Å². The molecule has 1 N–H and O–H groups in total. The minimum Gasteiger partial charge on any atom is -0.481 e. The van der Waals surface area contributed by atoms with Crippen molar-refractivity contribution in [2.75, 3.05) is 13.1 Å².